The van der Waals surface area contributed by atoms with Crippen LogP contribution in [0.4, 0.5) is 0 Å². The van der Waals surface area contributed by atoms with Gasteiger partial charge < -0.3 is 11.1 Å². The van der Waals surface area contributed by atoms with Crippen LogP contribution in [-0.4, -0.2) is 40.2 Å². The Balaban J connectivity index is 0. The number of nitrogens with one attached hydrogen (secondary N) is 1. The maximum atomic E-state index is 9.33. The number of hydrogen-bond acceptors (Lipinski definition) is 5. The van der Waals surface area contributed by atoms with Gasteiger partial charge in [0.1, 0.15) is 0 Å². The van der Waals surface area contributed by atoms with Crippen molar-refractivity contribution in [3.8, 4) is 0 Å². The maximum Gasteiger partial charge on any atom is 0.397 e. The van der Waals surface area contributed by atoms with Gasteiger partial charge in [-0.1, -0.05) is 0 Å². The van der Waals surface area contributed by atoms with E-state index in [9.17, 15) is 8.42 Å². The minimum Gasteiger partial charge on any atom is -0.329 e. The molecule has 0 saturated heterocycles. The van der Waals surface area contributed by atoms with Crippen LogP contribution in [0.3, 0.4) is 0 Å². The summed E-state index contributed by atoms with van der Waals surface area (Å²) in [7, 11) is -1.41. The second kappa shape index (κ2) is 7.89. The smallest absolute Gasteiger partial charge is 0.329 e. The second-order valence-electron chi connectivity index (χ2n) is 1.49. The summed E-state index contributed by atoms with van der Waals surface area (Å²) >= 11 is 0. The van der Waals surface area contributed by atoms with Gasteiger partial charge in [-0.05, 0) is 7.05 Å². The predicted octanol–water partition coefficient (Wildman–Crippen LogP) is -1.40. The highest BCUT2D eigenvalue weighted by Gasteiger charge is 1.93. The summed E-state index contributed by atoms with van der Waals surface area (Å²) in [5, 5.41) is 2.89. The number of rotatable bonds is 3. The van der Waals surface area contributed by atoms with Crippen LogP contribution >= 0.6 is 0 Å². The lowest BCUT2D eigenvalue weighted by atomic mass is 10.7. The largest absolute Gasteiger partial charge is 0.397 e. The summed E-state index contributed by atoms with van der Waals surface area (Å²) in [5.41, 5.74) is 5.08. The third-order valence-corrected chi connectivity index (χ3v) is 1.03. The topological polar surface area (TPSA) is 102 Å². The molecule has 0 atom stereocenters. The molecule has 70 valence electrons. The van der Waals surface area contributed by atoms with Crippen molar-refractivity contribution in [3.05, 3.63) is 0 Å². The Morgan fingerprint density at radius 2 is 2.00 bits per heavy atom. The molecule has 0 fully saturated rings. The molecule has 7 heteroatoms. The lowest BCUT2D eigenvalue weighted by molar-refractivity contribution is 0.324. The molecule has 0 aliphatic rings. The fourth-order valence-electron chi connectivity index (χ4n) is 0.144. The standard InChI is InChI=1S/C3H10N2.CH4O4S/c1-5-3-2-4;1-5-6(2,3)4/h5H,2-4H2,1H3;1H3,(H,2,3,4). The Bertz CT molecular complexity index is 153. The van der Waals surface area contributed by atoms with Crippen molar-refractivity contribution in [1.29, 1.82) is 0 Å². The molecule has 6 nitrogen and oxygen atoms in total. The van der Waals surface area contributed by atoms with Crippen molar-refractivity contribution in [1.82, 2.24) is 5.32 Å². The van der Waals surface area contributed by atoms with E-state index in [4.69, 9.17) is 10.3 Å². The van der Waals surface area contributed by atoms with Crippen LogP contribution in [0.5, 0.6) is 0 Å². The van der Waals surface area contributed by atoms with E-state index in [0.717, 1.165) is 20.2 Å². The molecule has 0 unspecified atom stereocenters. The van der Waals surface area contributed by atoms with E-state index in [1.807, 2.05) is 7.05 Å². The van der Waals surface area contributed by atoms with Crippen molar-refractivity contribution < 1.29 is 17.2 Å². The van der Waals surface area contributed by atoms with Crippen molar-refractivity contribution in [2.45, 2.75) is 0 Å². The zero-order valence-corrected chi connectivity index (χ0v) is 7.39. The minimum atomic E-state index is -4.16. The van der Waals surface area contributed by atoms with Gasteiger partial charge in [0.15, 0.2) is 0 Å². The van der Waals surface area contributed by atoms with Gasteiger partial charge in [-0.3, -0.25) is 8.74 Å². The molecule has 0 saturated carbocycles. The molecule has 0 bridgehead atoms. The van der Waals surface area contributed by atoms with Gasteiger partial charge in [-0.15, -0.1) is 0 Å². The summed E-state index contributed by atoms with van der Waals surface area (Å²) in [6, 6.07) is 0. The molecule has 0 aliphatic carbocycles. The normalized spacial score (nSPS) is 10.2. The van der Waals surface area contributed by atoms with Gasteiger partial charge in [-0.2, -0.15) is 8.42 Å². The highest BCUT2D eigenvalue weighted by molar-refractivity contribution is 7.80. The summed E-state index contributed by atoms with van der Waals surface area (Å²) in [6.07, 6.45) is 0. The van der Waals surface area contributed by atoms with Gasteiger partial charge in [0.25, 0.3) is 0 Å². The third kappa shape index (κ3) is 25.9. The second-order valence-corrected chi connectivity index (χ2v) is 2.68. The van der Waals surface area contributed by atoms with Gasteiger partial charge >= 0.3 is 10.4 Å². The molecule has 11 heavy (non-hydrogen) atoms. The monoisotopic (exact) mass is 186 g/mol. The zero-order valence-electron chi connectivity index (χ0n) is 6.57. The fourth-order valence-corrected chi connectivity index (χ4v) is 0.144. The van der Waals surface area contributed by atoms with E-state index in [1.165, 1.54) is 0 Å². The first-order valence-electron chi connectivity index (χ1n) is 2.85. The first-order valence-corrected chi connectivity index (χ1v) is 4.22. The van der Waals surface area contributed by atoms with Crippen molar-refractivity contribution in [2.24, 2.45) is 5.73 Å². The van der Waals surface area contributed by atoms with Gasteiger partial charge in [0.2, 0.25) is 0 Å². The maximum absolute atomic E-state index is 9.33. The molecule has 0 rings (SSSR count). The molecule has 0 aromatic heterocycles. The lowest BCUT2D eigenvalue weighted by Crippen LogP contribution is -2.17. The van der Waals surface area contributed by atoms with Crippen molar-refractivity contribution in [2.75, 3.05) is 27.2 Å². The van der Waals surface area contributed by atoms with Crippen LogP contribution in [0.25, 0.3) is 0 Å². The summed E-state index contributed by atoms with van der Waals surface area (Å²) < 4.78 is 29.7. The molecule has 0 spiro atoms. The lowest BCUT2D eigenvalue weighted by Gasteiger charge is -1.85. The Kier molecular flexibility index (Phi) is 9.60. The summed E-state index contributed by atoms with van der Waals surface area (Å²) in [6.45, 7) is 1.65. The van der Waals surface area contributed by atoms with E-state index in [1.54, 1.807) is 0 Å². The molecule has 0 radical (unpaired) electrons. The molecule has 0 aromatic carbocycles. The Hall–Kier alpha value is -0.210. The van der Waals surface area contributed by atoms with Crippen LogP contribution in [-0.2, 0) is 14.6 Å². The van der Waals surface area contributed by atoms with E-state index in [0.29, 0.717) is 0 Å². The van der Waals surface area contributed by atoms with Crippen LogP contribution in [0.15, 0.2) is 0 Å². The van der Waals surface area contributed by atoms with E-state index in [-0.39, 0.29) is 0 Å². The van der Waals surface area contributed by atoms with Crippen molar-refractivity contribution in [3.63, 3.8) is 0 Å². The highest BCUT2D eigenvalue weighted by Crippen LogP contribution is 1.74. The summed E-state index contributed by atoms with van der Waals surface area (Å²) in [5.74, 6) is 0. The average Bonchev–Trinajstić information content (AvgIpc) is 1.90. The molecule has 0 heterocycles. The van der Waals surface area contributed by atoms with E-state index >= 15 is 0 Å². The van der Waals surface area contributed by atoms with Crippen molar-refractivity contribution >= 4 is 10.4 Å². The predicted molar refractivity (Wildman–Crippen MR) is 41.5 cm³/mol. The summed E-state index contributed by atoms with van der Waals surface area (Å²) in [4.78, 5) is 0. The first kappa shape index (κ1) is 13.4. The molecular formula is C4H14N2O4S. The Morgan fingerprint density at radius 1 is 1.64 bits per heavy atom. The minimum absolute atomic E-state index is 0.733. The molecule has 4 N–H and O–H groups in total. The van der Waals surface area contributed by atoms with Gasteiger partial charge in [0.05, 0.1) is 7.11 Å². The number of hydrogen-bond donors (Lipinski definition) is 3. The molecule has 0 amide bonds. The third-order valence-electron chi connectivity index (χ3n) is 0.605. The molecular weight excluding hydrogens is 172 g/mol. The molecule has 0 aliphatic heterocycles. The van der Waals surface area contributed by atoms with Crippen LogP contribution in [0.1, 0.15) is 0 Å². The fraction of sp³-hybridized carbons (Fsp3) is 1.00. The highest BCUT2D eigenvalue weighted by atomic mass is 32.3. The zero-order chi connectivity index (χ0) is 9.33. The van der Waals surface area contributed by atoms with Crippen LogP contribution in [0, 0.1) is 0 Å². The van der Waals surface area contributed by atoms with Gasteiger partial charge in [0, 0.05) is 13.1 Å². The van der Waals surface area contributed by atoms with Crippen LogP contribution < -0.4 is 11.1 Å². The Morgan fingerprint density at radius 3 is 2.00 bits per heavy atom. The Labute approximate surface area is 66.7 Å². The quantitative estimate of drug-likeness (QED) is 0.468. The first-order chi connectivity index (χ1) is 4.97. The van der Waals surface area contributed by atoms with E-state index < -0.39 is 10.4 Å². The van der Waals surface area contributed by atoms with Crippen LogP contribution in [0.2, 0.25) is 0 Å². The number of likely N-dealkylation sites (N-methyl/N-ethyl adjacent to an activating group) is 1. The SMILES string of the molecule is CNCCN.COS(=O)(=O)O. The average molecular weight is 186 g/mol. The molecule has 0 aromatic rings. The number of nitrogens with two attached hydrogens (primary N) is 1. The van der Waals surface area contributed by atoms with Gasteiger partial charge in [-0.25, -0.2) is 0 Å². The van der Waals surface area contributed by atoms with E-state index in [2.05, 4.69) is 9.50 Å².